The first kappa shape index (κ1) is 10.6. The molecule has 0 atom stereocenters. The SMILES string of the molecule is CN(C)C(=O)c1cc(C#N)ccc1Cl. The Balaban J connectivity index is 3.21. The van der Waals surface area contributed by atoms with E-state index in [0.717, 1.165) is 0 Å². The van der Waals surface area contributed by atoms with Gasteiger partial charge in [-0.05, 0) is 18.2 Å². The lowest BCUT2D eigenvalue weighted by molar-refractivity contribution is 0.0828. The summed E-state index contributed by atoms with van der Waals surface area (Å²) in [6.45, 7) is 0. The van der Waals surface area contributed by atoms with Gasteiger partial charge in [0, 0.05) is 14.1 Å². The molecular formula is C10H9ClN2O. The lowest BCUT2D eigenvalue weighted by Crippen LogP contribution is -2.22. The second-order valence-electron chi connectivity index (χ2n) is 3.01. The predicted molar refractivity (Wildman–Crippen MR) is 54.2 cm³/mol. The molecule has 1 aromatic carbocycles. The first-order chi connectivity index (χ1) is 6.56. The topological polar surface area (TPSA) is 44.1 Å². The van der Waals surface area contributed by atoms with Gasteiger partial charge in [0.05, 0.1) is 22.2 Å². The maximum Gasteiger partial charge on any atom is 0.254 e. The Labute approximate surface area is 87.5 Å². The van der Waals surface area contributed by atoms with Gasteiger partial charge in [0.2, 0.25) is 0 Å². The molecule has 0 unspecified atom stereocenters. The van der Waals surface area contributed by atoms with Crippen molar-refractivity contribution in [3.05, 3.63) is 34.3 Å². The Morgan fingerprint density at radius 3 is 2.64 bits per heavy atom. The van der Waals surface area contributed by atoms with E-state index in [1.807, 2.05) is 6.07 Å². The van der Waals surface area contributed by atoms with Crippen LogP contribution in [0.25, 0.3) is 0 Å². The van der Waals surface area contributed by atoms with Crippen LogP contribution in [0.4, 0.5) is 0 Å². The normalized spacial score (nSPS) is 9.29. The standard InChI is InChI=1S/C10H9ClN2O/c1-13(2)10(14)8-5-7(6-12)3-4-9(8)11/h3-5H,1-2H3. The zero-order chi connectivity index (χ0) is 10.7. The van der Waals surface area contributed by atoms with Gasteiger partial charge in [0.1, 0.15) is 0 Å². The molecule has 1 aromatic rings. The summed E-state index contributed by atoms with van der Waals surface area (Å²) in [5.41, 5.74) is 0.787. The lowest BCUT2D eigenvalue weighted by Gasteiger charge is -2.11. The van der Waals surface area contributed by atoms with Crippen molar-refractivity contribution in [2.24, 2.45) is 0 Å². The molecule has 4 heteroatoms. The van der Waals surface area contributed by atoms with Crippen molar-refractivity contribution >= 4 is 17.5 Å². The highest BCUT2D eigenvalue weighted by Gasteiger charge is 2.12. The summed E-state index contributed by atoms with van der Waals surface area (Å²) < 4.78 is 0. The van der Waals surface area contributed by atoms with Gasteiger partial charge in [-0.15, -0.1) is 0 Å². The maximum absolute atomic E-state index is 11.6. The molecule has 0 spiro atoms. The van der Waals surface area contributed by atoms with Crippen LogP contribution in [0.5, 0.6) is 0 Å². The number of halogens is 1. The van der Waals surface area contributed by atoms with Gasteiger partial charge in [-0.25, -0.2) is 0 Å². The Morgan fingerprint density at radius 2 is 2.14 bits per heavy atom. The highest BCUT2D eigenvalue weighted by molar-refractivity contribution is 6.33. The van der Waals surface area contributed by atoms with E-state index in [0.29, 0.717) is 16.1 Å². The molecule has 0 fully saturated rings. The number of hydrogen-bond donors (Lipinski definition) is 0. The Bertz CT molecular complexity index is 407. The number of rotatable bonds is 1. The zero-order valence-electron chi connectivity index (χ0n) is 7.91. The Hall–Kier alpha value is -1.53. The molecule has 0 aliphatic carbocycles. The van der Waals surface area contributed by atoms with E-state index in [2.05, 4.69) is 0 Å². The lowest BCUT2D eigenvalue weighted by atomic mass is 10.1. The Kier molecular flexibility index (Phi) is 3.10. The summed E-state index contributed by atoms with van der Waals surface area (Å²) in [5, 5.41) is 9.02. The van der Waals surface area contributed by atoms with Crippen LogP contribution >= 0.6 is 11.6 Å². The molecule has 0 N–H and O–H groups in total. The average molecular weight is 209 g/mol. The van der Waals surface area contributed by atoms with Crippen molar-refractivity contribution in [3.8, 4) is 6.07 Å². The zero-order valence-corrected chi connectivity index (χ0v) is 8.67. The molecule has 14 heavy (non-hydrogen) atoms. The molecule has 3 nitrogen and oxygen atoms in total. The summed E-state index contributed by atoms with van der Waals surface area (Å²) in [4.78, 5) is 13.0. The van der Waals surface area contributed by atoms with Crippen molar-refractivity contribution in [3.63, 3.8) is 0 Å². The summed E-state index contributed by atoms with van der Waals surface area (Å²) in [6, 6.07) is 6.58. The molecule has 0 aliphatic heterocycles. The molecule has 0 heterocycles. The highest BCUT2D eigenvalue weighted by Crippen LogP contribution is 2.18. The van der Waals surface area contributed by atoms with E-state index in [1.54, 1.807) is 26.2 Å². The number of hydrogen-bond acceptors (Lipinski definition) is 2. The second-order valence-corrected chi connectivity index (χ2v) is 3.41. The fourth-order valence-electron chi connectivity index (χ4n) is 1.000. The molecule has 0 saturated carbocycles. The van der Waals surface area contributed by atoms with Crippen LogP contribution in [0.1, 0.15) is 15.9 Å². The van der Waals surface area contributed by atoms with Crippen LogP contribution in [0, 0.1) is 11.3 Å². The number of carbonyl (C=O) groups is 1. The third kappa shape index (κ3) is 2.04. The molecule has 0 bridgehead atoms. The molecule has 0 aromatic heterocycles. The van der Waals surface area contributed by atoms with E-state index in [4.69, 9.17) is 16.9 Å². The molecule has 0 aliphatic rings. The van der Waals surface area contributed by atoms with E-state index in [-0.39, 0.29) is 5.91 Å². The van der Waals surface area contributed by atoms with Crippen molar-refractivity contribution < 1.29 is 4.79 Å². The fourth-order valence-corrected chi connectivity index (χ4v) is 1.20. The molecule has 0 radical (unpaired) electrons. The van der Waals surface area contributed by atoms with Gasteiger partial charge in [-0.3, -0.25) is 4.79 Å². The van der Waals surface area contributed by atoms with Crippen LogP contribution in [-0.2, 0) is 0 Å². The largest absolute Gasteiger partial charge is 0.345 e. The molecular weight excluding hydrogens is 200 g/mol. The van der Waals surface area contributed by atoms with E-state index >= 15 is 0 Å². The first-order valence-electron chi connectivity index (χ1n) is 3.97. The molecule has 72 valence electrons. The first-order valence-corrected chi connectivity index (χ1v) is 4.35. The van der Waals surface area contributed by atoms with Crippen LogP contribution in [0.2, 0.25) is 5.02 Å². The number of amides is 1. The quantitative estimate of drug-likeness (QED) is 0.708. The minimum atomic E-state index is -0.202. The number of benzene rings is 1. The van der Waals surface area contributed by atoms with Crippen molar-refractivity contribution in [1.82, 2.24) is 4.90 Å². The summed E-state index contributed by atoms with van der Waals surface area (Å²) in [6.07, 6.45) is 0. The van der Waals surface area contributed by atoms with Crippen molar-refractivity contribution in [2.45, 2.75) is 0 Å². The van der Waals surface area contributed by atoms with Gasteiger partial charge < -0.3 is 4.90 Å². The van der Waals surface area contributed by atoms with Crippen LogP contribution in [-0.4, -0.2) is 24.9 Å². The van der Waals surface area contributed by atoms with Gasteiger partial charge in [-0.2, -0.15) is 5.26 Å². The van der Waals surface area contributed by atoms with Crippen LogP contribution in [0.15, 0.2) is 18.2 Å². The maximum atomic E-state index is 11.6. The highest BCUT2D eigenvalue weighted by atomic mass is 35.5. The van der Waals surface area contributed by atoms with Gasteiger partial charge in [0.25, 0.3) is 5.91 Å². The van der Waals surface area contributed by atoms with Gasteiger partial charge in [0.15, 0.2) is 0 Å². The predicted octanol–water partition coefficient (Wildman–Crippen LogP) is 1.91. The van der Waals surface area contributed by atoms with Crippen molar-refractivity contribution in [1.29, 1.82) is 5.26 Å². The van der Waals surface area contributed by atoms with Crippen LogP contribution in [0.3, 0.4) is 0 Å². The average Bonchev–Trinajstić information content (AvgIpc) is 2.17. The smallest absolute Gasteiger partial charge is 0.254 e. The summed E-state index contributed by atoms with van der Waals surface area (Å²) in [5.74, 6) is -0.202. The van der Waals surface area contributed by atoms with E-state index in [9.17, 15) is 4.79 Å². The third-order valence-corrected chi connectivity index (χ3v) is 2.06. The minimum Gasteiger partial charge on any atom is -0.345 e. The fraction of sp³-hybridized carbons (Fsp3) is 0.200. The molecule has 1 amide bonds. The summed E-state index contributed by atoms with van der Waals surface area (Å²) in [7, 11) is 3.27. The van der Waals surface area contributed by atoms with Gasteiger partial charge in [-0.1, -0.05) is 11.6 Å². The van der Waals surface area contributed by atoms with Crippen LogP contribution < -0.4 is 0 Å². The second kappa shape index (κ2) is 4.12. The van der Waals surface area contributed by atoms with E-state index < -0.39 is 0 Å². The number of nitrogens with zero attached hydrogens (tertiary/aromatic N) is 2. The number of carbonyl (C=O) groups excluding carboxylic acids is 1. The monoisotopic (exact) mass is 208 g/mol. The third-order valence-electron chi connectivity index (χ3n) is 1.73. The number of nitriles is 1. The molecule has 1 rings (SSSR count). The minimum absolute atomic E-state index is 0.202. The van der Waals surface area contributed by atoms with Crippen molar-refractivity contribution in [2.75, 3.05) is 14.1 Å². The van der Waals surface area contributed by atoms with E-state index in [1.165, 1.54) is 11.0 Å². The summed E-state index contributed by atoms with van der Waals surface area (Å²) >= 11 is 5.84. The Morgan fingerprint density at radius 1 is 1.50 bits per heavy atom. The van der Waals surface area contributed by atoms with Gasteiger partial charge >= 0.3 is 0 Å². The molecule has 0 saturated heterocycles.